The summed E-state index contributed by atoms with van der Waals surface area (Å²) in [6.45, 7) is 3.93. The monoisotopic (exact) mass is 255 g/mol. The van der Waals surface area contributed by atoms with E-state index in [0.29, 0.717) is 25.0 Å². The van der Waals surface area contributed by atoms with Crippen molar-refractivity contribution >= 4 is 24.6 Å². The van der Waals surface area contributed by atoms with Crippen LogP contribution in [0.25, 0.3) is 0 Å². The van der Waals surface area contributed by atoms with Gasteiger partial charge in [-0.3, -0.25) is 9.59 Å². The largest absolute Gasteiger partial charge is 0.433 e. The highest BCUT2D eigenvalue weighted by atomic mass is 32.1. The van der Waals surface area contributed by atoms with Gasteiger partial charge < -0.3 is 9.08 Å². The van der Waals surface area contributed by atoms with E-state index in [0.717, 1.165) is 5.57 Å². The standard InChI is InChI=1S/C12H17NO3S/c1-7(2)11-8(14)4-12(5-9(11)16-17)6-10(15)13(12)3/h7,17H,4-6H2,1-3H3. The minimum absolute atomic E-state index is 0.0784. The molecule has 0 aromatic carbocycles. The van der Waals surface area contributed by atoms with Gasteiger partial charge >= 0.3 is 0 Å². The van der Waals surface area contributed by atoms with Gasteiger partial charge in [-0.25, -0.2) is 0 Å². The third kappa shape index (κ3) is 1.76. The fraction of sp³-hybridized carbons (Fsp3) is 0.667. The Hall–Kier alpha value is -0.970. The van der Waals surface area contributed by atoms with Crippen LogP contribution in [0.15, 0.2) is 11.3 Å². The van der Waals surface area contributed by atoms with Crippen molar-refractivity contribution in [2.45, 2.75) is 38.6 Å². The number of likely N-dealkylation sites (tertiary alicyclic amines) is 1. The van der Waals surface area contributed by atoms with Gasteiger partial charge in [-0.15, -0.1) is 0 Å². The lowest BCUT2D eigenvalue weighted by molar-refractivity contribution is -0.156. The summed E-state index contributed by atoms with van der Waals surface area (Å²) < 4.78 is 5.07. The average Bonchev–Trinajstić information content (AvgIpc) is 2.27. The Bertz CT molecular complexity index is 416. The van der Waals surface area contributed by atoms with Crippen molar-refractivity contribution in [2.75, 3.05) is 7.05 Å². The van der Waals surface area contributed by atoms with E-state index in [-0.39, 0.29) is 23.1 Å². The first-order chi connectivity index (χ1) is 7.91. The molecule has 0 N–H and O–H groups in total. The van der Waals surface area contributed by atoms with Gasteiger partial charge in [-0.1, -0.05) is 13.8 Å². The summed E-state index contributed by atoms with van der Waals surface area (Å²) in [7, 11) is 1.75. The van der Waals surface area contributed by atoms with Crippen LogP contribution >= 0.6 is 12.9 Å². The highest BCUT2D eigenvalue weighted by Crippen LogP contribution is 2.45. The van der Waals surface area contributed by atoms with Gasteiger partial charge in [0.15, 0.2) is 5.78 Å². The van der Waals surface area contributed by atoms with E-state index in [1.165, 1.54) is 0 Å². The van der Waals surface area contributed by atoms with Crippen LogP contribution in [-0.2, 0) is 13.8 Å². The quantitative estimate of drug-likeness (QED) is 0.464. The third-order valence-electron chi connectivity index (χ3n) is 3.83. The van der Waals surface area contributed by atoms with Gasteiger partial charge in [-0.05, 0) is 5.92 Å². The number of thiol groups is 1. The average molecular weight is 255 g/mol. The van der Waals surface area contributed by atoms with Crippen molar-refractivity contribution in [2.24, 2.45) is 5.92 Å². The summed E-state index contributed by atoms with van der Waals surface area (Å²) in [5, 5.41) is 0. The predicted octanol–water partition coefficient (Wildman–Crippen LogP) is 1.72. The third-order valence-corrected chi connectivity index (χ3v) is 4.05. The maximum absolute atomic E-state index is 12.2. The van der Waals surface area contributed by atoms with Crippen LogP contribution < -0.4 is 0 Å². The van der Waals surface area contributed by atoms with Crippen molar-refractivity contribution in [1.82, 2.24) is 4.90 Å². The number of carbonyl (C=O) groups excluding carboxylic acids is 2. The zero-order valence-electron chi connectivity index (χ0n) is 10.3. The van der Waals surface area contributed by atoms with E-state index in [1.54, 1.807) is 11.9 Å². The molecule has 1 heterocycles. The molecule has 1 amide bonds. The second-order valence-electron chi connectivity index (χ2n) is 5.21. The Labute approximate surface area is 107 Å². The molecule has 1 atom stereocenters. The molecule has 0 radical (unpaired) electrons. The molecule has 17 heavy (non-hydrogen) atoms. The van der Waals surface area contributed by atoms with Crippen LogP contribution in [0.4, 0.5) is 0 Å². The first-order valence-corrected chi connectivity index (χ1v) is 6.12. The van der Waals surface area contributed by atoms with Crippen LogP contribution in [0, 0.1) is 5.92 Å². The second kappa shape index (κ2) is 4.05. The molecule has 0 saturated carbocycles. The van der Waals surface area contributed by atoms with Crippen molar-refractivity contribution in [3.8, 4) is 0 Å². The van der Waals surface area contributed by atoms with E-state index in [2.05, 4.69) is 12.9 Å². The SMILES string of the molecule is CC(C)C1=C(OS)CC2(CC1=O)CC(=O)N2C. The normalized spacial score (nSPS) is 29.1. The topological polar surface area (TPSA) is 46.6 Å². The molecule has 0 aromatic heterocycles. The summed E-state index contributed by atoms with van der Waals surface area (Å²) >= 11 is 3.84. The Morgan fingerprint density at radius 1 is 1.29 bits per heavy atom. The maximum Gasteiger partial charge on any atom is 0.225 e. The first-order valence-electron chi connectivity index (χ1n) is 5.75. The number of carbonyl (C=O) groups is 2. The minimum atomic E-state index is -0.357. The highest BCUT2D eigenvalue weighted by Gasteiger charge is 2.53. The Kier molecular flexibility index (Phi) is 2.97. The van der Waals surface area contributed by atoms with E-state index >= 15 is 0 Å². The zero-order chi connectivity index (χ0) is 12.8. The molecular weight excluding hydrogens is 238 g/mol. The van der Waals surface area contributed by atoms with E-state index in [4.69, 9.17) is 4.18 Å². The van der Waals surface area contributed by atoms with Crippen LogP contribution in [0.3, 0.4) is 0 Å². The second-order valence-corrected chi connectivity index (χ2v) is 5.40. The Morgan fingerprint density at radius 2 is 1.94 bits per heavy atom. The molecule has 1 aliphatic carbocycles. The first kappa shape index (κ1) is 12.5. The molecule has 0 bridgehead atoms. The summed E-state index contributed by atoms with van der Waals surface area (Å²) in [5.74, 6) is 0.918. The van der Waals surface area contributed by atoms with Crippen LogP contribution in [0.1, 0.15) is 33.1 Å². The van der Waals surface area contributed by atoms with E-state index in [1.807, 2.05) is 13.8 Å². The number of Topliss-reactive ketones (excluding diaryl/α,β-unsaturated/α-hetero) is 1. The number of β-lactam (4-membered cyclic amide) rings is 1. The molecule has 4 nitrogen and oxygen atoms in total. The molecule has 1 aliphatic heterocycles. The van der Waals surface area contributed by atoms with Gasteiger partial charge in [0.1, 0.15) is 5.76 Å². The fourth-order valence-corrected chi connectivity index (χ4v) is 2.95. The molecule has 2 aliphatic rings. The van der Waals surface area contributed by atoms with Crippen molar-refractivity contribution in [3.63, 3.8) is 0 Å². The van der Waals surface area contributed by atoms with Crippen molar-refractivity contribution in [3.05, 3.63) is 11.3 Å². The van der Waals surface area contributed by atoms with Crippen LogP contribution in [-0.4, -0.2) is 29.2 Å². The Morgan fingerprint density at radius 3 is 2.35 bits per heavy atom. The lowest BCUT2D eigenvalue weighted by Crippen LogP contribution is -2.63. The molecule has 1 fully saturated rings. The molecular formula is C12H17NO3S. The molecule has 2 rings (SSSR count). The molecule has 5 heteroatoms. The maximum atomic E-state index is 12.2. The number of hydrogen-bond acceptors (Lipinski definition) is 4. The van der Waals surface area contributed by atoms with Gasteiger partial charge in [0.25, 0.3) is 0 Å². The summed E-state index contributed by atoms with van der Waals surface area (Å²) in [5.41, 5.74) is 0.364. The van der Waals surface area contributed by atoms with E-state index < -0.39 is 0 Å². The number of amides is 1. The minimum Gasteiger partial charge on any atom is -0.433 e. The van der Waals surface area contributed by atoms with E-state index in [9.17, 15) is 9.59 Å². The van der Waals surface area contributed by atoms with Crippen LogP contribution in [0.2, 0.25) is 0 Å². The number of allylic oxidation sites excluding steroid dienone is 1. The summed E-state index contributed by atoms with van der Waals surface area (Å²) in [6.07, 6.45) is 1.43. The smallest absolute Gasteiger partial charge is 0.225 e. The van der Waals surface area contributed by atoms with Gasteiger partial charge in [0, 0.05) is 38.4 Å². The Balaban J connectivity index is 2.33. The zero-order valence-corrected chi connectivity index (χ0v) is 11.2. The molecule has 1 saturated heterocycles. The van der Waals surface area contributed by atoms with Crippen LogP contribution in [0.5, 0.6) is 0 Å². The number of ketones is 1. The van der Waals surface area contributed by atoms with Crippen molar-refractivity contribution < 1.29 is 13.8 Å². The number of nitrogens with zero attached hydrogens (tertiary/aromatic N) is 1. The number of hydrogen-bond donors (Lipinski definition) is 1. The lowest BCUT2D eigenvalue weighted by atomic mass is 9.70. The van der Waals surface area contributed by atoms with Gasteiger partial charge in [-0.2, -0.15) is 0 Å². The number of rotatable bonds is 2. The van der Waals surface area contributed by atoms with Crippen molar-refractivity contribution in [1.29, 1.82) is 0 Å². The fourth-order valence-electron chi connectivity index (χ4n) is 2.79. The molecule has 94 valence electrons. The van der Waals surface area contributed by atoms with Gasteiger partial charge in [0.05, 0.1) is 12.0 Å². The molecule has 1 spiro atoms. The molecule has 1 unspecified atom stereocenters. The van der Waals surface area contributed by atoms with Gasteiger partial charge in [0.2, 0.25) is 5.91 Å². The molecule has 0 aromatic rings. The lowest BCUT2D eigenvalue weighted by Gasteiger charge is -2.52. The summed E-state index contributed by atoms with van der Waals surface area (Å²) in [6, 6.07) is 0. The summed E-state index contributed by atoms with van der Waals surface area (Å²) in [4.78, 5) is 25.2. The highest BCUT2D eigenvalue weighted by molar-refractivity contribution is 7.75. The predicted molar refractivity (Wildman–Crippen MR) is 66.3 cm³/mol.